The minimum Gasteiger partial charge on any atom is -0.543 e. The van der Waals surface area contributed by atoms with Gasteiger partial charge in [0.2, 0.25) is 26.7 Å². The summed E-state index contributed by atoms with van der Waals surface area (Å²) in [5.41, 5.74) is 1.22. The van der Waals surface area contributed by atoms with E-state index in [1.54, 1.807) is 12.1 Å². The Bertz CT molecular complexity index is 1510. The van der Waals surface area contributed by atoms with Gasteiger partial charge in [0.1, 0.15) is 11.5 Å². The van der Waals surface area contributed by atoms with Crippen LogP contribution in [0.4, 0.5) is 0 Å². The van der Waals surface area contributed by atoms with Crippen molar-refractivity contribution < 1.29 is 17.3 Å². The van der Waals surface area contributed by atoms with E-state index in [0.29, 0.717) is 10.8 Å². The summed E-state index contributed by atoms with van der Waals surface area (Å²) in [6, 6.07) is 19.6. The molecule has 1 fully saturated rings. The monoisotopic (exact) mass is 625 g/mol. The molecule has 0 spiro atoms. The van der Waals surface area contributed by atoms with Crippen LogP contribution in [0.25, 0.3) is 10.8 Å². The van der Waals surface area contributed by atoms with E-state index in [0.717, 1.165) is 48.0 Å². The average Bonchev–Trinajstić information content (AvgIpc) is 2.87. The molecular formula is C34H51NO4SSi2. The maximum absolute atomic E-state index is 13.3. The molecular weight excluding hydrogens is 575 g/mol. The molecule has 1 saturated carbocycles. The third-order valence-corrected chi connectivity index (χ3v) is 20.1. The van der Waals surface area contributed by atoms with Crippen LogP contribution >= 0.6 is 0 Å². The molecule has 4 rings (SSSR count). The second-order valence-corrected chi connectivity index (χ2v) is 26.3. The molecule has 8 heteroatoms. The fourth-order valence-electron chi connectivity index (χ4n) is 5.02. The molecule has 1 aliphatic rings. The second-order valence-electron chi connectivity index (χ2n) is 15.1. The van der Waals surface area contributed by atoms with Crippen LogP contribution in [0.3, 0.4) is 0 Å². The predicted octanol–water partition coefficient (Wildman–Crippen LogP) is 9.61. The van der Waals surface area contributed by atoms with Crippen LogP contribution in [0.15, 0.2) is 65.6 Å². The van der Waals surface area contributed by atoms with Gasteiger partial charge in [0, 0.05) is 12.1 Å². The van der Waals surface area contributed by atoms with E-state index in [-0.39, 0.29) is 16.1 Å². The first kappa shape index (κ1) is 32.8. The summed E-state index contributed by atoms with van der Waals surface area (Å²) in [5, 5.41) is 2.14. The third-order valence-electron chi connectivity index (χ3n) is 9.86. The Morgan fingerprint density at radius 3 is 1.88 bits per heavy atom. The van der Waals surface area contributed by atoms with Gasteiger partial charge in [0.15, 0.2) is 0 Å². The molecule has 5 nitrogen and oxygen atoms in total. The Kier molecular flexibility index (Phi) is 9.17. The van der Waals surface area contributed by atoms with Crippen molar-refractivity contribution in [3.8, 4) is 11.5 Å². The Morgan fingerprint density at radius 1 is 0.714 bits per heavy atom. The Balaban J connectivity index is 1.53. The van der Waals surface area contributed by atoms with E-state index in [9.17, 15) is 8.42 Å². The summed E-state index contributed by atoms with van der Waals surface area (Å²) in [4.78, 5) is 0.325. The quantitative estimate of drug-likeness (QED) is 0.253. The minimum atomic E-state index is -3.60. The highest BCUT2D eigenvalue weighted by atomic mass is 32.2. The zero-order chi connectivity index (χ0) is 31.1. The molecule has 230 valence electrons. The highest BCUT2D eigenvalue weighted by Crippen LogP contribution is 2.45. The zero-order valence-electron chi connectivity index (χ0n) is 27.3. The highest BCUT2D eigenvalue weighted by molar-refractivity contribution is 7.89. The molecule has 3 aromatic rings. The molecule has 1 N–H and O–H groups in total. The normalized spacial score (nSPS) is 19.1. The van der Waals surface area contributed by atoms with Gasteiger partial charge >= 0.3 is 0 Å². The Labute approximate surface area is 256 Å². The maximum Gasteiger partial charge on any atom is 0.250 e. The molecule has 0 unspecified atom stereocenters. The predicted molar refractivity (Wildman–Crippen MR) is 181 cm³/mol. The Morgan fingerprint density at radius 2 is 1.29 bits per heavy atom. The lowest BCUT2D eigenvalue weighted by Gasteiger charge is -2.39. The van der Waals surface area contributed by atoms with E-state index in [1.807, 2.05) is 30.3 Å². The van der Waals surface area contributed by atoms with Crippen molar-refractivity contribution in [3.63, 3.8) is 0 Å². The fourth-order valence-corrected chi connectivity index (χ4v) is 8.42. The third kappa shape index (κ3) is 7.32. The molecule has 3 aromatic carbocycles. The molecule has 0 heterocycles. The lowest BCUT2D eigenvalue weighted by molar-refractivity contribution is 0.367. The van der Waals surface area contributed by atoms with Gasteiger partial charge in [-0.3, -0.25) is 0 Å². The van der Waals surface area contributed by atoms with E-state index >= 15 is 0 Å². The first-order valence-corrected chi connectivity index (χ1v) is 22.6. The van der Waals surface area contributed by atoms with E-state index < -0.39 is 26.7 Å². The van der Waals surface area contributed by atoms with Crippen molar-refractivity contribution in [1.82, 2.24) is 4.72 Å². The number of rotatable bonds is 8. The smallest absolute Gasteiger partial charge is 0.250 e. The van der Waals surface area contributed by atoms with Crippen molar-refractivity contribution in [2.45, 2.75) is 120 Å². The summed E-state index contributed by atoms with van der Waals surface area (Å²) in [5.74, 6) is 2.14. The summed E-state index contributed by atoms with van der Waals surface area (Å²) in [6.07, 6.45) is 3.39. The molecule has 0 atom stereocenters. The molecule has 42 heavy (non-hydrogen) atoms. The SMILES string of the molecule is CC(C)(C)[Si](C)(C)Oc1ccc([C@H]2CC[C@@H](NS(=O)(=O)c3ccc4ccccc4c3)CC2)c(O[Si](C)(C)C(C)(C)C)c1. The van der Waals surface area contributed by atoms with Crippen molar-refractivity contribution in [2.75, 3.05) is 0 Å². The topological polar surface area (TPSA) is 64.6 Å². The molecule has 0 saturated heterocycles. The number of hydrogen-bond acceptors (Lipinski definition) is 4. The van der Waals surface area contributed by atoms with Gasteiger partial charge in [-0.25, -0.2) is 13.1 Å². The number of nitrogens with one attached hydrogen (secondary N) is 1. The standard InChI is InChI=1S/C34H51NO4SSi2/c1-33(2,3)41(7,8)38-29-20-22-31(32(24-29)39-42(9,10)34(4,5)6)26-15-18-28(19-16-26)35-40(36,37)30-21-17-25-13-11-12-14-27(25)23-30/h11-14,17,20-24,26,28,35H,15-16,18-19H2,1-10H3/t26-,28+. The van der Waals surface area contributed by atoms with Gasteiger partial charge in [-0.1, -0.05) is 77.9 Å². The van der Waals surface area contributed by atoms with Crippen LogP contribution < -0.4 is 13.6 Å². The molecule has 0 aromatic heterocycles. The lowest BCUT2D eigenvalue weighted by Crippen LogP contribution is -2.44. The number of benzene rings is 3. The Hall–Kier alpha value is -2.14. The van der Waals surface area contributed by atoms with Crippen LogP contribution in [0.5, 0.6) is 11.5 Å². The van der Waals surface area contributed by atoms with Crippen LogP contribution in [-0.2, 0) is 10.0 Å². The number of sulfonamides is 1. The highest BCUT2D eigenvalue weighted by Gasteiger charge is 2.41. The van der Waals surface area contributed by atoms with Crippen LogP contribution in [-0.4, -0.2) is 31.1 Å². The summed E-state index contributed by atoms with van der Waals surface area (Å²) < 4.78 is 43.2. The van der Waals surface area contributed by atoms with Crippen molar-refractivity contribution in [2.24, 2.45) is 0 Å². The van der Waals surface area contributed by atoms with E-state index in [1.165, 1.54) is 5.56 Å². The van der Waals surface area contributed by atoms with Crippen LogP contribution in [0.1, 0.15) is 78.7 Å². The summed E-state index contributed by atoms with van der Waals surface area (Å²) >= 11 is 0. The number of fused-ring (bicyclic) bond motifs is 1. The van der Waals surface area contributed by atoms with E-state index in [4.69, 9.17) is 8.85 Å². The largest absolute Gasteiger partial charge is 0.543 e. The maximum atomic E-state index is 13.3. The van der Waals surface area contributed by atoms with Crippen molar-refractivity contribution in [1.29, 1.82) is 0 Å². The molecule has 0 bridgehead atoms. The van der Waals surface area contributed by atoms with E-state index in [2.05, 4.69) is 90.7 Å². The summed E-state index contributed by atoms with van der Waals surface area (Å²) in [6.45, 7) is 22.7. The first-order valence-electron chi connectivity index (χ1n) is 15.3. The van der Waals surface area contributed by atoms with Gasteiger partial charge in [0.25, 0.3) is 0 Å². The van der Waals surface area contributed by atoms with Crippen molar-refractivity contribution in [3.05, 3.63) is 66.2 Å². The molecule has 0 amide bonds. The van der Waals surface area contributed by atoms with Crippen molar-refractivity contribution >= 4 is 37.4 Å². The fraction of sp³-hybridized carbons (Fsp3) is 0.529. The van der Waals surface area contributed by atoms with Gasteiger partial charge in [-0.05, 0) is 102 Å². The van der Waals surface area contributed by atoms with Crippen LogP contribution in [0, 0.1) is 0 Å². The zero-order valence-corrected chi connectivity index (χ0v) is 30.1. The van der Waals surface area contributed by atoms with Gasteiger partial charge in [-0.15, -0.1) is 0 Å². The molecule has 0 radical (unpaired) electrons. The average molecular weight is 626 g/mol. The van der Waals surface area contributed by atoms with Crippen LogP contribution in [0.2, 0.25) is 36.3 Å². The molecule has 0 aliphatic heterocycles. The summed E-state index contributed by atoms with van der Waals surface area (Å²) in [7, 11) is -7.70. The first-order chi connectivity index (χ1) is 19.3. The van der Waals surface area contributed by atoms with Gasteiger partial charge in [0.05, 0.1) is 4.90 Å². The van der Waals surface area contributed by atoms with Gasteiger partial charge < -0.3 is 8.85 Å². The number of hydrogen-bond donors (Lipinski definition) is 1. The minimum absolute atomic E-state index is 0.0687. The lowest BCUT2D eigenvalue weighted by atomic mass is 9.81. The molecule has 1 aliphatic carbocycles. The van der Waals surface area contributed by atoms with Gasteiger partial charge in [-0.2, -0.15) is 0 Å². The second kappa shape index (κ2) is 11.7.